The lowest BCUT2D eigenvalue weighted by molar-refractivity contribution is 0.423. The molecule has 2 rings (SSSR count). The van der Waals surface area contributed by atoms with Gasteiger partial charge in [0.05, 0.1) is 9.89 Å². The highest BCUT2D eigenvalue weighted by molar-refractivity contribution is 8.23. The molecule has 0 bridgehead atoms. The zero-order valence-corrected chi connectivity index (χ0v) is 17.5. The van der Waals surface area contributed by atoms with Crippen LogP contribution in [0.15, 0.2) is 36.5 Å². The van der Waals surface area contributed by atoms with Gasteiger partial charge in [-0.25, -0.2) is 0 Å². The van der Waals surface area contributed by atoms with Gasteiger partial charge >= 0.3 is 0 Å². The summed E-state index contributed by atoms with van der Waals surface area (Å²) in [5, 5.41) is 10.8. The van der Waals surface area contributed by atoms with Crippen LogP contribution in [0.25, 0.3) is 0 Å². The number of benzene rings is 1. The first kappa shape index (κ1) is 19.9. The van der Waals surface area contributed by atoms with Crippen LogP contribution in [0.5, 0.6) is 5.75 Å². The highest BCUT2D eigenvalue weighted by atomic mass is 32.2. The van der Waals surface area contributed by atoms with Gasteiger partial charge in [0, 0.05) is 23.1 Å². The van der Waals surface area contributed by atoms with E-state index in [0.29, 0.717) is 5.75 Å². The standard InChI is InChI=1S/C21H27NOS2/c1-20(2,3)16-11-14(12-17(18(16)23)21(4,5)6)19(24)25-13-15-9-7-8-10-22-15/h7-12,23H,13H2,1-6H3. The minimum absolute atomic E-state index is 0.151. The van der Waals surface area contributed by atoms with Crippen molar-refractivity contribution in [2.24, 2.45) is 0 Å². The smallest absolute Gasteiger partial charge is 0.123 e. The minimum atomic E-state index is -0.151. The van der Waals surface area contributed by atoms with Crippen molar-refractivity contribution in [2.75, 3.05) is 0 Å². The van der Waals surface area contributed by atoms with Gasteiger partial charge in [0.25, 0.3) is 0 Å². The predicted octanol–water partition coefficient (Wildman–Crippen LogP) is 5.99. The molecule has 0 radical (unpaired) electrons. The Morgan fingerprint density at radius 2 is 1.60 bits per heavy atom. The molecule has 0 saturated carbocycles. The second-order valence-corrected chi connectivity index (χ2v) is 9.97. The molecule has 134 valence electrons. The number of pyridine rings is 1. The van der Waals surface area contributed by atoms with Crippen LogP contribution in [0.1, 0.15) is 63.9 Å². The van der Waals surface area contributed by atoms with E-state index in [-0.39, 0.29) is 10.8 Å². The molecule has 0 saturated heterocycles. The molecule has 4 heteroatoms. The molecular formula is C21H27NOS2. The first-order valence-corrected chi connectivity index (χ1v) is 9.84. The molecule has 1 aromatic heterocycles. The molecule has 1 aromatic carbocycles. The third kappa shape index (κ3) is 5.05. The van der Waals surface area contributed by atoms with Gasteiger partial charge in [-0.05, 0) is 40.7 Å². The average Bonchev–Trinajstić information content (AvgIpc) is 2.51. The number of phenolic OH excluding ortho intramolecular Hbond substituents is 1. The number of aromatic hydroxyl groups is 1. The molecule has 2 aromatic rings. The second kappa shape index (κ2) is 7.46. The van der Waals surface area contributed by atoms with Crippen LogP contribution in [0.2, 0.25) is 0 Å². The Bertz CT molecular complexity index is 721. The van der Waals surface area contributed by atoms with Crippen LogP contribution in [0.3, 0.4) is 0 Å². The van der Waals surface area contributed by atoms with E-state index in [1.165, 1.54) is 0 Å². The van der Waals surface area contributed by atoms with Gasteiger partial charge in [0.2, 0.25) is 0 Å². The molecule has 0 amide bonds. The Morgan fingerprint density at radius 3 is 2.04 bits per heavy atom. The third-order valence-corrected chi connectivity index (χ3v) is 5.57. The summed E-state index contributed by atoms with van der Waals surface area (Å²) in [5.41, 5.74) is 3.60. The Hall–Kier alpha value is -1.39. The van der Waals surface area contributed by atoms with E-state index in [1.807, 2.05) is 30.3 Å². The topological polar surface area (TPSA) is 33.1 Å². The normalized spacial score (nSPS) is 12.2. The van der Waals surface area contributed by atoms with Gasteiger partial charge in [-0.15, -0.1) is 11.8 Å². The number of thiocarbonyl (C=S) groups is 1. The first-order chi connectivity index (χ1) is 11.5. The van der Waals surface area contributed by atoms with Crippen molar-refractivity contribution in [3.63, 3.8) is 0 Å². The van der Waals surface area contributed by atoms with E-state index < -0.39 is 0 Å². The van der Waals surface area contributed by atoms with Crippen molar-refractivity contribution < 1.29 is 5.11 Å². The largest absolute Gasteiger partial charge is 0.507 e. The maximum absolute atomic E-state index is 10.8. The van der Waals surface area contributed by atoms with Crippen molar-refractivity contribution in [2.45, 2.75) is 58.1 Å². The Kier molecular flexibility index (Phi) is 5.95. The fraction of sp³-hybridized carbons (Fsp3) is 0.429. The molecule has 0 aliphatic rings. The maximum atomic E-state index is 10.8. The zero-order chi connectivity index (χ0) is 18.8. The molecular weight excluding hydrogens is 346 g/mol. The van der Waals surface area contributed by atoms with Crippen LogP contribution in [0, 0.1) is 0 Å². The number of thioether (sulfide) groups is 1. The van der Waals surface area contributed by atoms with E-state index in [9.17, 15) is 5.11 Å². The lowest BCUT2D eigenvalue weighted by atomic mass is 9.78. The van der Waals surface area contributed by atoms with Crippen LogP contribution >= 0.6 is 24.0 Å². The molecule has 25 heavy (non-hydrogen) atoms. The van der Waals surface area contributed by atoms with Crippen LogP contribution in [-0.2, 0) is 16.6 Å². The van der Waals surface area contributed by atoms with Gasteiger partial charge in [-0.2, -0.15) is 0 Å². The molecule has 0 fully saturated rings. The number of phenols is 1. The average molecular weight is 374 g/mol. The number of nitrogens with zero attached hydrogens (tertiary/aromatic N) is 1. The van der Waals surface area contributed by atoms with Gasteiger partial charge in [0.1, 0.15) is 5.75 Å². The molecule has 0 aliphatic carbocycles. The molecule has 1 heterocycles. The Balaban J connectivity index is 2.38. The van der Waals surface area contributed by atoms with Crippen molar-refractivity contribution >= 4 is 28.2 Å². The fourth-order valence-electron chi connectivity index (χ4n) is 2.60. The van der Waals surface area contributed by atoms with E-state index in [1.54, 1.807) is 18.0 Å². The van der Waals surface area contributed by atoms with E-state index in [2.05, 4.69) is 46.5 Å². The van der Waals surface area contributed by atoms with E-state index in [4.69, 9.17) is 12.2 Å². The fourth-order valence-corrected chi connectivity index (χ4v) is 3.63. The van der Waals surface area contributed by atoms with Crippen molar-refractivity contribution in [1.82, 2.24) is 4.98 Å². The lowest BCUT2D eigenvalue weighted by Crippen LogP contribution is -2.18. The van der Waals surface area contributed by atoms with Crippen molar-refractivity contribution in [3.8, 4) is 5.75 Å². The van der Waals surface area contributed by atoms with Gasteiger partial charge in [0.15, 0.2) is 0 Å². The SMILES string of the molecule is CC(C)(C)c1cc(C(=S)SCc2ccccn2)cc(C(C)(C)C)c1O. The second-order valence-electron chi connectivity index (χ2n) is 8.32. The highest BCUT2D eigenvalue weighted by Gasteiger charge is 2.27. The lowest BCUT2D eigenvalue weighted by Gasteiger charge is -2.28. The molecule has 0 aliphatic heterocycles. The first-order valence-electron chi connectivity index (χ1n) is 8.45. The molecule has 2 nitrogen and oxygen atoms in total. The zero-order valence-electron chi connectivity index (χ0n) is 15.9. The monoisotopic (exact) mass is 373 g/mol. The number of rotatable bonds is 3. The van der Waals surface area contributed by atoms with Gasteiger partial charge in [-0.1, -0.05) is 59.8 Å². The summed E-state index contributed by atoms with van der Waals surface area (Å²) < 4.78 is 0.835. The summed E-state index contributed by atoms with van der Waals surface area (Å²) in [7, 11) is 0. The number of aromatic nitrogens is 1. The Labute approximate surface area is 161 Å². The van der Waals surface area contributed by atoms with E-state index >= 15 is 0 Å². The minimum Gasteiger partial charge on any atom is -0.507 e. The van der Waals surface area contributed by atoms with Crippen LogP contribution in [-0.4, -0.2) is 14.3 Å². The summed E-state index contributed by atoms with van der Waals surface area (Å²) >= 11 is 7.30. The van der Waals surface area contributed by atoms with E-state index in [0.717, 1.165) is 32.3 Å². The summed E-state index contributed by atoms with van der Waals surface area (Å²) in [6.45, 7) is 12.7. The number of hydrogen-bond acceptors (Lipinski definition) is 4. The van der Waals surface area contributed by atoms with Crippen molar-refractivity contribution in [3.05, 3.63) is 58.9 Å². The summed E-state index contributed by atoms with van der Waals surface area (Å²) in [6, 6.07) is 9.99. The van der Waals surface area contributed by atoms with Gasteiger partial charge in [-0.3, -0.25) is 4.98 Å². The van der Waals surface area contributed by atoms with Crippen LogP contribution < -0.4 is 0 Å². The van der Waals surface area contributed by atoms with Gasteiger partial charge < -0.3 is 5.11 Å². The van der Waals surface area contributed by atoms with Crippen molar-refractivity contribution in [1.29, 1.82) is 0 Å². The molecule has 0 atom stereocenters. The third-order valence-electron chi connectivity index (χ3n) is 4.04. The van der Waals surface area contributed by atoms with Crippen LogP contribution in [0.4, 0.5) is 0 Å². The maximum Gasteiger partial charge on any atom is 0.123 e. The summed E-state index contributed by atoms with van der Waals surface area (Å²) in [6.07, 6.45) is 1.80. The highest BCUT2D eigenvalue weighted by Crippen LogP contribution is 2.40. The number of hydrogen-bond donors (Lipinski definition) is 1. The predicted molar refractivity (Wildman–Crippen MR) is 113 cm³/mol. The molecule has 1 N–H and O–H groups in total. The Morgan fingerprint density at radius 1 is 1.04 bits per heavy atom. The summed E-state index contributed by atoms with van der Waals surface area (Å²) in [5.74, 6) is 1.14. The molecule has 0 unspecified atom stereocenters. The quantitative estimate of drug-likeness (QED) is 0.670. The summed E-state index contributed by atoms with van der Waals surface area (Å²) in [4.78, 5) is 4.35. The molecule has 0 spiro atoms.